The van der Waals surface area contributed by atoms with Crippen molar-refractivity contribution in [1.82, 2.24) is 0 Å². The van der Waals surface area contributed by atoms with E-state index >= 15 is 0 Å². The molecule has 0 aromatic rings. The van der Waals surface area contributed by atoms with Crippen molar-refractivity contribution >= 4 is 11.4 Å². The zero-order valence-electron chi connectivity index (χ0n) is 7.14. The fraction of sp³-hybridized carbons (Fsp3) is 0.250. The summed E-state index contributed by atoms with van der Waals surface area (Å²) in [6.45, 7) is 0.308. The first kappa shape index (κ1) is 9.47. The molecule has 1 rings (SSSR count). The fourth-order valence-corrected chi connectivity index (χ4v) is 1.00. The second-order valence-corrected chi connectivity index (χ2v) is 2.45. The van der Waals surface area contributed by atoms with Gasteiger partial charge in [-0.25, -0.2) is 0 Å². The molecule has 1 aliphatic carbocycles. The largest absolute Gasteiger partial charge is 0.410 e. The molecule has 5 heteroatoms. The van der Waals surface area contributed by atoms with E-state index in [0.717, 1.165) is 0 Å². The van der Waals surface area contributed by atoms with Gasteiger partial charge in [0.25, 0.3) is 0 Å². The van der Waals surface area contributed by atoms with Crippen LogP contribution in [0.25, 0.3) is 0 Å². The van der Waals surface area contributed by atoms with Gasteiger partial charge in [0.05, 0.1) is 6.61 Å². The van der Waals surface area contributed by atoms with Gasteiger partial charge in [0.1, 0.15) is 11.4 Å². The maximum Gasteiger partial charge on any atom is 0.108 e. The molecule has 0 fully saturated rings. The van der Waals surface area contributed by atoms with Gasteiger partial charge in [-0.05, 0) is 18.2 Å². The number of allylic oxidation sites excluding steroid dienone is 3. The highest BCUT2D eigenvalue weighted by Crippen LogP contribution is 2.07. The molecule has 0 spiro atoms. The first-order valence-electron chi connectivity index (χ1n) is 3.64. The van der Waals surface area contributed by atoms with Crippen molar-refractivity contribution in [2.45, 2.75) is 0 Å². The Hall–Kier alpha value is -1.62. The summed E-state index contributed by atoms with van der Waals surface area (Å²) in [6.07, 6.45) is 4.66. The molecule has 0 aromatic heterocycles. The van der Waals surface area contributed by atoms with Gasteiger partial charge < -0.3 is 15.2 Å². The lowest BCUT2D eigenvalue weighted by atomic mass is 10.0. The molecular formula is C8H10N2O3. The van der Waals surface area contributed by atoms with Crippen LogP contribution in [0.4, 0.5) is 0 Å². The molecule has 0 bridgehead atoms. The lowest BCUT2D eigenvalue weighted by Gasteiger charge is -2.08. The summed E-state index contributed by atoms with van der Waals surface area (Å²) in [5, 5.41) is 23.1. The first-order chi connectivity index (χ1) is 6.31. The van der Waals surface area contributed by atoms with Gasteiger partial charge in [-0.3, -0.25) is 0 Å². The maximum atomic E-state index is 8.58. The maximum absolute atomic E-state index is 8.58. The van der Waals surface area contributed by atoms with Crippen LogP contribution in [0, 0.1) is 0 Å². The highest BCUT2D eigenvalue weighted by Gasteiger charge is 2.10. The van der Waals surface area contributed by atoms with Gasteiger partial charge in [-0.1, -0.05) is 10.3 Å². The standard InChI is InChI=1S/C8H10N2O3/c1-13-5-6-4-7(9-11)2-3-8(6)10-12/h2-4,11-12H,5H2,1H3/b9-7-,10-8+. The number of oxime groups is 2. The van der Waals surface area contributed by atoms with Crippen LogP contribution in [0.2, 0.25) is 0 Å². The Kier molecular flexibility index (Phi) is 3.22. The normalized spacial score (nSPS) is 22.4. The van der Waals surface area contributed by atoms with E-state index in [1.54, 1.807) is 12.2 Å². The molecule has 1 aliphatic rings. The number of hydrogen-bond donors (Lipinski definition) is 2. The predicted molar refractivity (Wildman–Crippen MR) is 47.5 cm³/mol. The van der Waals surface area contributed by atoms with Crippen LogP contribution < -0.4 is 0 Å². The van der Waals surface area contributed by atoms with Gasteiger partial charge in [-0.2, -0.15) is 0 Å². The van der Waals surface area contributed by atoms with Crippen molar-refractivity contribution in [1.29, 1.82) is 0 Å². The van der Waals surface area contributed by atoms with E-state index in [-0.39, 0.29) is 0 Å². The molecule has 0 saturated heterocycles. The average Bonchev–Trinajstić information content (AvgIpc) is 2.18. The van der Waals surface area contributed by atoms with Crippen LogP contribution in [0.1, 0.15) is 0 Å². The summed E-state index contributed by atoms with van der Waals surface area (Å²) < 4.78 is 4.88. The van der Waals surface area contributed by atoms with Crippen LogP contribution in [-0.2, 0) is 4.74 Å². The Morgan fingerprint density at radius 1 is 1.31 bits per heavy atom. The van der Waals surface area contributed by atoms with Gasteiger partial charge in [0, 0.05) is 12.7 Å². The van der Waals surface area contributed by atoms with Crippen LogP contribution in [0.3, 0.4) is 0 Å². The molecule has 5 nitrogen and oxygen atoms in total. The van der Waals surface area contributed by atoms with Crippen molar-refractivity contribution in [2.24, 2.45) is 10.3 Å². The van der Waals surface area contributed by atoms with Crippen LogP contribution in [0.15, 0.2) is 34.1 Å². The van der Waals surface area contributed by atoms with Crippen molar-refractivity contribution < 1.29 is 15.2 Å². The molecule has 0 atom stereocenters. The molecule has 0 radical (unpaired) electrons. The Morgan fingerprint density at radius 3 is 2.62 bits per heavy atom. The quantitative estimate of drug-likeness (QED) is 0.376. The SMILES string of the molecule is COCC1=CC(=N\O)/C=CC/1=N\O. The van der Waals surface area contributed by atoms with E-state index in [2.05, 4.69) is 10.3 Å². The summed E-state index contributed by atoms with van der Waals surface area (Å²) in [5.74, 6) is 0. The van der Waals surface area contributed by atoms with Crippen LogP contribution >= 0.6 is 0 Å². The smallest absolute Gasteiger partial charge is 0.108 e. The van der Waals surface area contributed by atoms with E-state index < -0.39 is 0 Å². The number of rotatable bonds is 2. The second-order valence-electron chi connectivity index (χ2n) is 2.45. The van der Waals surface area contributed by atoms with Gasteiger partial charge >= 0.3 is 0 Å². The molecule has 0 amide bonds. The Balaban J connectivity index is 2.91. The van der Waals surface area contributed by atoms with E-state index in [4.69, 9.17) is 15.2 Å². The highest BCUT2D eigenvalue weighted by molar-refractivity contribution is 6.21. The monoisotopic (exact) mass is 182 g/mol. The number of ether oxygens (including phenoxy) is 1. The van der Waals surface area contributed by atoms with Crippen LogP contribution in [0.5, 0.6) is 0 Å². The van der Waals surface area contributed by atoms with Gasteiger partial charge in [0.15, 0.2) is 0 Å². The summed E-state index contributed by atoms with van der Waals surface area (Å²) in [7, 11) is 1.53. The molecule has 0 saturated carbocycles. The van der Waals surface area contributed by atoms with Crippen molar-refractivity contribution in [3.63, 3.8) is 0 Å². The Labute approximate surface area is 75.3 Å². The minimum Gasteiger partial charge on any atom is -0.410 e. The number of nitrogens with zero attached hydrogens (tertiary/aromatic N) is 2. The summed E-state index contributed by atoms with van der Waals surface area (Å²) in [5.41, 5.74) is 1.48. The third-order valence-corrected chi connectivity index (χ3v) is 1.59. The topological polar surface area (TPSA) is 74.4 Å². The fourth-order valence-electron chi connectivity index (χ4n) is 1.00. The zero-order chi connectivity index (χ0) is 9.68. The molecule has 0 heterocycles. The first-order valence-corrected chi connectivity index (χ1v) is 3.64. The Morgan fingerprint density at radius 2 is 2.08 bits per heavy atom. The van der Waals surface area contributed by atoms with Crippen LogP contribution in [-0.4, -0.2) is 35.6 Å². The molecule has 0 aromatic carbocycles. The zero-order valence-corrected chi connectivity index (χ0v) is 7.14. The minimum atomic E-state index is 0.308. The van der Waals surface area contributed by atoms with E-state index in [9.17, 15) is 0 Å². The average molecular weight is 182 g/mol. The summed E-state index contributed by atoms with van der Waals surface area (Å²) >= 11 is 0. The second kappa shape index (κ2) is 4.42. The Bertz CT molecular complexity index is 303. The lowest BCUT2D eigenvalue weighted by molar-refractivity contribution is 0.229. The molecule has 0 aliphatic heterocycles. The predicted octanol–water partition coefficient (Wildman–Crippen LogP) is 0.789. The van der Waals surface area contributed by atoms with Gasteiger partial charge in [-0.15, -0.1) is 0 Å². The lowest BCUT2D eigenvalue weighted by Crippen LogP contribution is -2.12. The van der Waals surface area contributed by atoms with Crippen molar-refractivity contribution in [3.05, 3.63) is 23.8 Å². The molecule has 70 valence electrons. The molecule has 2 N–H and O–H groups in total. The number of methoxy groups -OCH3 is 1. The van der Waals surface area contributed by atoms with E-state index in [1.165, 1.54) is 13.2 Å². The van der Waals surface area contributed by atoms with Gasteiger partial charge in [0.2, 0.25) is 0 Å². The molecule has 13 heavy (non-hydrogen) atoms. The third-order valence-electron chi connectivity index (χ3n) is 1.59. The molecular weight excluding hydrogens is 172 g/mol. The third kappa shape index (κ3) is 2.16. The molecule has 0 unspecified atom stereocenters. The highest BCUT2D eigenvalue weighted by atomic mass is 16.5. The van der Waals surface area contributed by atoms with Crippen molar-refractivity contribution in [2.75, 3.05) is 13.7 Å². The van der Waals surface area contributed by atoms with E-state index in [0.29, 0.717) is 23.6 Å². The summed E-state index contributed by atoms with van der Waals surface area (Å²) in [6, 6.07) is 0. The summed E-state index contributed by atoms with van der Waals surface area (Å²) in [4.78, 5) is 0. The minimum absolute atomic E-state index is 0.308. The number of hydrogen-bond acceptors (Lipinski definition) is 5. The van der Waals surface area contributed by atoms with Crippen molar-refractivity contribution in [3.8, 4) is 0 Å². The van der Waals surface area contributed by atoms with E-state index in [1.807, 2.05) is 0 Å².